The molecule has 1 aromatic rings. The van der Waals surface area contributed by atoms with Gasteiger partial charge in [0.15, 0.2) is 0 Å². The smallest absolute Gasteiger partial charge is 0.133 e. The lowest BCUT2D eigenvalue weighted by Crippen LogP contribution is -2.41. The molecule has 0 unspecified atom stereocenters. The Morgan fingerprint density at radius 2 is 2.41 bits per heavy atom. The molecule has 0 saturated carbocycles. The van der Waals surface area contributed by atoms with Gasteiger partial charge in [-0.25, -0.2) is 0 Å². The molecule has 2 saturated heterocycles. The van der Waals surface area contributed by atoms with Gasteiger partial charge in [-0.05, 0) is 39.2 Å². The van der Waals surface area contributed by atoms with Crippen LogP contribution in [0.5, 0.6) is 0 Å². The fraction of sp³-hybridized carbons (Fsp3) is 0.769. The van der Waals surface area contributed by atoms with Gasteiger partial charge in [0, 0.05) is 19.2 Å². The molecule has 94 valence electrons. The molecular formula is C13H20N2O2. The molecule has 0 aliphatic carbocycles. The lowest BCUT2D eigenvalue weighted by Gasteiger charge is -2.33. The van der Waals surface area contributed by atoms with E-state index >= 15 is 0 Å². The van der Waals surface area contributed by atoms with Crippen LogP contribution in [0.4, 0.5) is 0 Å². The summed E-state index contributed by atoms with van der Waals surface area (Å²) in [5.74, 6) is 1.67. The van der Waals surface area contributed by atoms with Crippen molar-refractivity contribution < 1.29 is 9.26 Å². The van der Waals surface area contributed by atoms with E-state index in [0.29, 0.717) is 12.2 Å². The number of rotatable bonds is 2. The van der Waals surface area contributed by atoms with Crippen LogP contribution in [0.2, 0.25) is 0 Å². The van der Waals surface area contributed by atoms with Gasteiger partial charge < -0.3 is 9.26 Å². The van der Waals surface area contributed by atoms with Crippen LogP contribution in [0.15, 0.2) is 10.6 Å². The number of piperidine rings is 1. The minimum absolute atomic E-state index is 0.437. The highest BCUT2D eigenvalue weighted by molar-refractivity contribution is 5.04. The van der Waals surface area contributed by atoms with Crippen molar-refractivity contribution in [3.63, 3.8) is 0 Å². The summed E-state index contributed by atoms with van der Waals surface area (Å²) in [4.78, 5) is 2.43. The highest BCUT2D eigenvalue weighted by Gasteiger charge is 2.37. The molecule has 2 aliphatic rings. The van der Waals surface area contributed by atoms with Crippen LogP contribution in [0, 0.1) is 12.8 Å². The van der Waals surface area contributed by atoms with Gasteiger partial charge in [0.2, 0.25) is 0 Å². The Morgan fingerprint density at radius 3 is 3.18 bits per heavy atom. The van der Waals surface area contributed by atoms with E-state index in [2.05, 4.69) is 17.0 Å². The maximum Gasteiger partial charge on any atom is 0.133 e. The summed E-state index contributed by atoms with van der Waals surface area (Å²) in [7, 11) is 0. The van der Waals surface area contributed by atoms with Crippen LogP contribution in [0.1, 0.15) is 31.2 Å². The molecule has 2 aliphatic heterocycles. The summed E-state index contributed by atoms with van der Waals surface area (Å²) in [6.45, 7) is 7.20. The third-order valence-corrected chi connectivity index (χ3v) is 3.88. The van der Waals surface area contributed by atoms with Crippen molar-refractivity contribution in [1.29, 1.82) is 0 Å². The minimum Gasteiger partial charge on any atom is -0.374 e. The van der Waals surface area contributed by atoms with Gasteiger partial charge >= 0.3 is 0 Å². The maximum atomic E-state index is 5.95. The van der Waals surface area contributed by atoms with E-state index in [9.17, 15) is 0 Å². The van der Waals surface area contributed by atoms with E-state index in [-0.39, 0.29) is 0 Å². The fourth-order valence-electron chi connectivity index (χ4n) is 3.10. The van der Waals surface area contributed by atoms with Crippen molar-refractivity contribution in [2.75, 3.05) is 13.1 Å². The number of nitrogens with zero attached hydrogens (tertiary/aromatic N) is 2. The van der Waals surface area contributed by atoms with Crippen molar-refractivity contribution in [1.82, 2.24) is 10.1 Å². The summed E-state index contributed by atoms with van der Waals surface area (Å²) in [6.07, 6.45) is 3.37. The molecule has 4 nitrogen and oxygen atoms in total. The third kappa shape index (κ3) is 2.38. The number of aryl methyl sites for hydroxylation is 1. The molecule has 0 amide bonds. The number of hydrogen-bond donors (Lipinski definition) is 0. The average molecular weight is 236 g/mol. The van der Waals surface area contributed by atoms with Gasteiger partial charge in [-0.3, -0.25) is 4.90 Å². The molecule has 1 aromatic heterocycles. The SMILES string of the molecule is Cc1cc(CN2CC[C@@H]3C[C@@H](C)O[C@H]3C2)no1. The van der Waals surface area contributed by atoms with Gasteiger partial charge in [-0.2, -0.15) is 0 Å². The molecule has 3 atom stereocenters. The molecule has 0 N–H and O–H groups in total. The summed E-state index contributed by atoms with van der Waals surface area (Å²) < 4.78 is 11.1. The number of likely N-dealkylation sites (tertiary alicyclic amines) is 1. The Kier molecular flexibility index (Phi) is 2.92. The molecule has 0 radical (unpaired) electrons. The largest absolute Gasteiger partial charge is 0.374 e. The second-order valence-electron chi connectivity index (χ2n) is 5.43. The number of aromatic nitrogens is 1. The first kappa shape index (κ1) is 11.2. The quantitative estimate of drug-likeness (QED) is 0.787. The monoisotopic (exact) mass is 236 g/mol. The minimum atomic E-state index is 0.437. The van der Waals surface area contributed by atoms with Crippen LogP contribution in [0.25, 0.3) is 0 Å². The van der Waals surface area contributed by atoms with Gasteiger partial charge in [-0.1, -0.05) is 5.16 Å². The van der Waals surface area contributed by atoms with E-state index in [1.165, 1.54) is 12.8 Å². The predicted molar refractivity (Wildman–Crippen MR) is 63.6 cm³/mol. The Labute approximate surface area is 102 Å². The molecule has 0 spiro atoms. The third-order valence-electron chi connectivity index (χ3n) is 3.88. The zero-order chi connectivity index (χ0) is 11.8. The van der Waals surface area contributed by atoms with Crippen LogP contribution in [-0.2, 0) is 11.3 Å². The highest BCUT2D eigenvalue weighted by atomic mass is 16.5. The summed E-state index contributed by atoms with van der Waals surface area (Å²) >= 11 is 0. The van der Waals surface area contributed by atoms with Crippen molar-refractivity contribution >= 4 is 0 Å². The Balaban J connectivity index is 1.59. The normalized spacial score (nSPS) is 33.9. The summed E-state index contributed by atoms with van der Waals surface area (Å²) in [5.41, 5.74) is 1.03. The molecule has 3 heterocycles. The first-order valence-electron chi connectivity index (χ1n) is 6.50. The van der Waals surface area contributed by atoms with E-state index < -0.39 is 0 Å². The fourth-order valence-corrected chi connectivity index (χ4v) is 3.10. The van der Waals surface area contributed by atoms with Gasteiger partial charge in [-0.15, -0.1) is 0 Å². The Bertz CT molecular complexity index is 391. The van der Waals surface area contributed by atoms with Crippen LogP contribution in [0.3, 0.4) is 0 Å². The lowest BCUT2D eigenvalue weighted by atomic mass is 9.92. The highest BCUT2D eigenvalue weighted by Crippen LogP contribution is 2.33. The van der Waals surface area contributed by atoms with Gasteiger partial charge in [0.1, 0.15) is 5.76 Å². The van der Waals surface area contributed by atoms with Crippen molar-refractivity contribution in [3.05, 3.63) is 17.5 Å². The van der Waals surface area contributed by atoms with E-state index in [0.717, 1.165) is 37.0 Å². The second-order valence-corrected chi connectivity index (χ2v) is 5.43. The van der Waals surface area contributed by atoms with Crippen LogP contribution < -0.4 is 0 Å². The van der Waals surface area contributed by atoms with Gasteiger partial charge in [0.05, 0.1) is 17.9 Å². The maximum absolute atomic E-state index is 5.95. The number of hydrogen-bond acceptors (Lipinski definition) is 4. The number of fused-ring (bicyclic) bond motifs is 1. The molecule has 4 heteroatoms. The van der Waals surface area contributed by atoms with E-state index in [1.807, 2.05) is 13.0 Å². The van der Waals surface area contributed by atoms with Crippen molar-refractivity contribution in [2.45, 2.75) is 45.4 Å². The zero-order valence-corrected chi connectivity index (χ0v) is 10.6. The standard InChI is InChI=1S/C13H20N2O2/c1-9-5-11-3-4-15(8-13(11)16-9)7-12-6-10(2)17-14-12/h6,9,11,13H,3-5,7-8H2,1-2H3/t9-,11-,13+/m1/s1. The van der Waals surface area contributed by atoms with Crippen LogP contribution in [-0.4, -0.2) is 35.4 Å². The topological polar surface area (TPSA) is 38.5 Å². The molecular weight excluding hydrogens is 216 g/mol. The average Bonchev–Trinajstić information content (AvgIpc) is 2.83. The first-order chi connectivity index (χ1) is 8.20. The van der Waals surface area contributed by atoms with Crippen LogP contribution >= 0.6 is 0 Å². The Morgan fingerprint density at radius 1 is 1.53 bits per heavy atom. The predicted octanol–water partition coefficient (Wildman–Crippen LogP) is 1.98. The van der Waals surface area contributed by atoms with E-state index in [1.54, 1.807) is 0 Å². The summed E-state index contributed by atoms with van der Waals surface area (Å²) in [5, 5.41) is 4.05. The molecule has 3 rings (SSSR count). The first-order valence-corrected chi connectivity index (χ1v) is 6.50. The molecule has 0 bridgehead atoms. The van der Waals surface area contributed by atoms with Gasteiger partial charge in [0.25, 0.3) is 0 Å². The Hall–Kier alpha value is -0.870. The lowest BCUT2D eigenvalue weighted by molar-refractivity contribution is -0.00325. The number of ether oxygens (including phenoxy) is 1. The zero-order valence-electron chi connectivity index (χ0n) is 10.6. The molecule has 0 aromatic carbocycles. The van der Waals surface area contributed by atoms with E-state index in [4.69, 9.17) is 9.26 Å². The molecule has 2 fully saturated rings. The molecule has 17 heavy (non-hydrogen) atoms. The second kappa shape index (κ2) is 4.42. The van der Waals surface area contributed by atoms with Crippen molar-refractivity contribution in [2.24, 2.45) is 5.92 Å². The summed E-state index contributed by atoms with van der Waals surface area (Å²) in [6, 6.07) is 2.02. The van der Waals surface area contributed by atoms with Crippen molar-refractivity contribution in [3.8, 4) is 0 Å².